The van der Waals surface area contributed by atoms with E-state index in [1.54, 1.807) is 25.4 Å². The molecule has 164 valence electrons. The molecule has 30 heavy (non-hydrogen) atoms. The zero-order valence-corrected chi connectivity index (χ0v) is 18.9. The summed E-state index contributed by atoms with van der Waals surface area (Å²) in [7, 11) is 1.64. The largest absolute Gasteiger partial charge is 0.491 e. The van der Waals surface area contributed by atoms with Gasteiger partial charge in [0, 0.05) is 31.6 Å². The van der Waals surface area contributed by atoms with Gasteiger partial charge in [-0.1, -0.05) is 12.1 Å². The third-order valence-electron chi connectivity index (χ3n) is 5.31. The number of rotatable bonds is 10. The van der Waals surface area contributed by atoms with Crippen molar-refractivity contribution < 1.29 is 19.4 Å². The van der Waals surface area contributed by atoms with Crippen molar-refractivity contribution >= 4 is 17.2 Å². The number of hydrogen-bond acceptors (Lipinski definition) is 6. The SMILES string of the molecule is COCCN(CC(=O)N1CCc2sccc2[C@@H]1COc1cccc(C)c1)C[C@H](C)O. The van der Waals surface area contributed by atoms with Crippen LogP contribution in [0, 0.1) is 6.92 Å². The normalized spacial score (nSPS) is 17.1. The van der Waals surface area contributed by atoms with Gasteiger partial charge in [0.15, 0.2) is 0 Å². The topological polar surface area (TPSA) is 62.2 Å². The number of thiophene rings is 1. The molecule has 0 spiro atoms. The van der Waals surface area contributed by atoms with E-state index in [1.165, 1.54) is 10.4 Å². The van der Waals surface area contributed by atoms with Crippen molar-refractivity contribution in [3.8, 4) is 5.75 Å². The van der Waals surface area contributed by atoms with Crippen molar-refractivity contribution in [2.45, 2.75) is 32.4 Å². The molecule has 1 amide bonds. The molecule has 6 nitrogen and oxygen atoms in total. The van der Waals surface area contributed by atoms with Crippen LogP contribution < -0.4 is 4.74 Å². The third kappa shape index (κ3) is 6.04. The Labute approximate surface area is 183 Å². The maximum atomic E-state index is 13.3. The minimum Gasteiger partial charge on any atom is -0.491 e. The predicted octanol–water partition coefficient (Wildman–Crippen LogP) is 2.89. The Balaban J connectivity index is 1.72. The van der Waals surface area contributed by atoms with Gasteiger partial charge >= 0.3 is 0 Å². The first-order valence-electron chi connectivity index (χ1n) is 10.4. The van der Waals surface area contributed by atoms with Crippen LogP contribution in [0.5, 0.6) is 5.75 Å². The Morgan fingerprint density at radius 2 is 2.23 bits per heavy atom. The number of benzene rings is 1. The van der Waals surface area contributed by atoms with Crippen molar-refractivity contribution in [3.05, 3.63) is 51.7 Å². The Kier molecular flexibility index (Phi) is 8.27. The second-order valence-electron chi connectivity index (χ2n) is 7.86. The molecule has 0 unspecified atom stereocenters. The summed E-state index contributed by atoms with van der Waals surface area (Å²) < 4.78 is 11.3. The molecule has 2 atom stereocenters. The highest BCUT2D eigenvalue weighted by Crippen LogP contribution is 2.34. The highest BCUT2D eigenvalue weighted by atomic mass is 32.1. The molecule has 1 aliphatic heterocycles. The molecule has 1 aromatic carbocycles. The molecule has 3 rings (SSSR count). The standard InChI is InChI=1S/C23H32N2O4S/c1-17-5-4-6-19(13-17)29-16-21-20-8-12-30-22(20)7-9-25(21)23(27)15-24(10-11-28-3)14-18(2)26/h4-6,8,12-13,18,21,26H,7,9-11,14-16H2,1-3H3/t18-,21-/m0/s1. The van der Waals surface area contributed by atoms with Crippen molar-refractivity contribution in [2.75, 3.05) is 46.5 Å². The van der Waals surface area contributed by atoms with Gasteiger partial charge < -0.3 is 19.5 Å². The van der Waals surface area contributed by atoms with Gasteiger partial charge in [-0.05, 0) is 55.0 Å². The van der Waals surface area contributed by atoms with Crippen LogP contribution in [0.15, 0.2) is 35.7 Å². The van der Waals surface area contributed by atoms with E-state index < -0.39 is 6.10 Å². The number of hydrogen-bond donors (Lipinski definition) is 1. The van der Waals surface area contributed by atoms with E-state index in [4.69, 9.17) is 9.47 Å². The highest BCUT2D eigenvalue weighted by molar-refractivity contribution is 7.10. The Morgan fingerprint density at radius 1 is 1.40 bits per heavy atom. The summed E-state index contributed by atoms with van der Waals surface area (Å²) in [4.78, 5) is 18.5. The first kappa shape index (κ1) is 22.7. The van der Waals surface area contributed by atoms with Gasteiger partial charge in [-0.3, -0.25) is 9.69 Å². The summed E-state index contributed by atoms with van der Waals surface area (Å²) in [5, 5.41) is 11.9. The molecular weight excluding hydrogens is 400 g/mol. The van der Waals surface area contributed by atoms with Gasteiger partial charge in [-0.2, -0.15) is 0 Å². The Morgan fingerprint density at radius 3 is 2.97 bits per heavy atom. The zero-order valence-electron chi connectivity index (χ0n) is 18.0. The number of methoxy groups -OCH3 is 1. The summed E-state index contributed by atoms with van der Waals surface area (Å²) in [6, 6.07) is 9.99. The van der Waals surface area contributed by atoms with Crippen LogP contribution in [0.3, 0.4) is 0 Å². The minimum atomic E-state index is -0.500. The average molecular weight is 433 g/mol. The fourth-order valence-electron chi connectivity index (χ4n) is 3.87. The summed E-state index contributed by atoms with van der Waals surface area (Å²) in [5.74, 6) is 0.877. The van der Waals surface area contributed by atoms with Gasteiger partial charge in [0.1, 0.15) is 12.4 Å². The molecule has 0 fully saturated rings. The van der Waals surface area contributed by atoms with Crippen LogP contribution in [0.2, 0.25) is 0 Å². The quantitative estimate of drug-likeness (QED) is 0.626. The lowest BCUT2D eigenvalue weighted by molar-refractivity contribution is -0.136. The van der Waals surface area contributed by atoms with Crippen molar-refractivity contribution in [1.82, 2.24) is 9.80 Å². The van der Waals surface area contributed by atoms with E-state index in [-0.39, 0.29) is 18.5 Å². The highest BCUT2D eigenvalue weighted by Gasteiger charge is 2.33. The van der Waals surface area contributed by atoms with Crippen LogP contribution in [0.1, 0.15) is 29.0 Å². The van der Waals surface area contributed by atoms with Gasteiger partial charge in [-0.25, -0.2) is 0 Å². The molecule has 1 aromatic heterocycles. The molecule has 0 aliphatic carbocycles. The van der Waals surface area contributed by atoms with Crippen LogP contribution in [-0.2, 0) is 16.0 Å². The molecule has 0 saturated carbocycles. The van der Waals surface area contributed by atoms with Crippen molar-refractivity contribution in [3.63, 3.8) is 0 Å². The van der Waals surface area contributed by atoms with Crippen LogP contribution in [-0.4, -0.2) is 73.4 Å². The van der Waals surface area contributed by atoms with E-state index in [2.05, 4.69) is 11.4 Å². The fourth-order valence-corrected chi connectivity index (χ4v) is 4.79. The molecule has 1 aliphatic rings. The van der Waals surface area contributed by atoms with E-state index in [1.807, 2.05) is 41.0 Å². The maximum Gasteiger partial charge on any atom is 0.237 e. The number of aryl methyl sites for hydroxylation is 1. The van der Waals surface area contributed by atoms with Gasteiger partial charge in [0.05, 0.1) is 25.3 Å². The van der Waals surface area contributed by atoms with Crippen molar-refractivity contribution in [1.29, 1.82) is 0 Å². The lowest BCUT2D eigenvalue weighted by Gasteiger charge is -2.37. The smallest absolute Gasteiger partial charge is 0.237 e. The lowest BCUT2D eigenvalue weighted by atomic mass is 10.0. The first-order chi connectivity index (χ1) is 14.5. The number of carbonyl (C=O) groups is 1. The Bertz CT molecular complexity index is 823. The molecule has 2 aromatic rings. The maximum absolute atomic E-state index is 13.3. The van der Waals surface area contributed by atoms with Crippen molar-refractivity contribution in [2.24, 2.45) is 0 Å². The number of amides is 1. The summed E-state index contributed by atoms with van der Waals surface area (Å²) >= 11 is 1.75. The molecule has 0 bridgehead atoms. The van der Waals surface area contributed by atoms with E-state index >= 15 is 0 Å². The third-order valence-corrected chi connectivity index (χ3v) is 6.30. The molecule has 7 heteroatoms. The van der Waals surface area contributed by atoms with E-state index in [9.17, 15) is 9.90 Å². The van der Waals surface area contributed by atoms with Crippen LogP contribution in [0.4, 0.5) is 0 Å². The number of fused-ring (bicyclic) bond motifs is 1. The summed E-state index contributed by atoms with van der Waals surface area (Å²) in [6.45, 7) is 6.71. The average Bonchev–Trinajstić information content (AvgIpc) is 3.18. The van der Waals surface area contributed by atoms with Gasteiger partial charge in [0.2, 0.25) is 5.91 Å². The first-order valence-corrected chi connectivity index (χ1v) is 11.3. The van der Waals surface area contributed by atoms with Gasteiger partial charge in [-0.15, -0.1) is 11.3 Å². The number of aliphatic hydroxyl groups excluding tert-OH is 1. The van der Waals surface area contributed by atoms with E-state index in [0.717, 1.165) is 17.7 Å². The second kappa shape index (κ2) is 10.9. The fraction of sp³-hybridized carbons (Fsp3) is 0.522. The monoisotopic (exact) mass is 432 g/mol. The molecule has 1 N–H and O–H groups in total. The number of aliphatic hydroxyl groups is 1. The van der Waals surface area contributed by atoms with E-state index in [0.29, 0.717) is 32.8 Å². The predicted molar refractivity (Wildman–Crippen MR) is 119 cm³/mol. The second-order valence-corrected chi connectivity index (χ2v) is 8.86. The molecule has 2 heterocycles. The summed E-state index contributed by atoms with van der Waals surface area (Å²) in [6.07, 6.45) is 0.369. The lowest BCUT2D eigenvalue weighted by Crippen LogP contribution is -2.48. The van der Waals surface area contributed by atoms with Crippen LogP contribution in [0.25, 0.3) is 0 Å². The zero-order chi connectivity index (χ0) is 21.5. The van der Waals surface area contributed by atoms with Gasteiger partial charge in [0.25, 0.3) is 0 Å². The summed E-state index contributed by atoms with van der Waals surface area (Å²) in [5.41, 5.74) is 2.33. The molecule has 0 saturated heterocycles. The Hall–Kier alpha value is -1.93. The molecule has 0 radical (unpaired) electrons. The number of ether oxygens (including phenoxy) is 2. The number of carbonyl (C=O) groups excluding carboxylic acids is 1. The minimum absolute atomic E-state index is 0.0569. The van der Waals surface area contributed by atoms with Crippen LogP contribution >= 0.6 is 11.3 Å². The number of nitrogens with zero attached hydrogens (tertiary/aromatic N) is 2. The molecular formula is C23H32N2O4S.